The number of benzene rings is 2. The van der Waals surface area contributed by atoms with Crippen LogP contribution < -0.4 is 10.9 Å². The van der Waals surface area contributed by atoms with Gasteiger partial charge in [0.2, 0.25) is 5.91 Å². The maximum absolute atomic E-state index is 13.0. The van der Waals surface area contributed by atoms with Crippen LogP contribution in [0.3, 0.4) is 0 Å². The van der Waals surface area contributed by atoms with Crippen LogP contribution in [-0.4, -0.2) is 25.5 Å². The summed E-state index contributed by atoms with van der Waals surface area (Å²) in [6, 6.07) is 15.4. The SMILES string of the molecule is Cc1cccc(C)c1NC(=O)Cn1nc(C)c2c(C)n(-c3ccccc3)nc2c1=O. The fourth-order valence-electron chi connectivity index (χ4n) is 3.74. The predicted molar refractivity (Wildman–Crippen MR) is 117 cm³/mol. The fourth-order valence-corrected chi connectivity index (χ4v) is 3.74. The Morgan fingerprint density at radius 2 is 1.60 bits per heavy atom. The molecule has 2 aromatic carbocycles. The molecule has 0 aliphatic rings. The van der Waals surface area contributed by atoms with Gasteiger partial charge in [0.05, 0.1) is 22.5 Å². The maximum Gasteiger partial charge on any atom is 0.295 e. The zero-order valence-electron chi connectivity index (χ0n) is 17.4. The molecule has 0 fully saturated rings. The number of anilines is 1. The number of carbonyl (C=O) groups excluding carboxylic acids is 1. The lowest BCUT2D eigenvalue weighted by molar-refractivity contribution is -0.117. The lowest BCUT2D eigenvalue weighted by Gasteiger charge is -2.12. The molecule has 2 aromatic heterocycles. The van der Waals surface area contributed by atoms with E-state index in [1.165, 1.54) is 4.68 Å². The Balaban J connectivity index is 1.71. The zero-order valence-corrected chi connectivity index (χ0v) is 17.4. The lowest BCUT2D eigenvalue weighted by Crippen LogP contribution is -2.30. The monoisotopic (exact) mass is 401 g/mol. The van der Waals surface area contributed by atoms with Crippen LogP contribution in [0.15, 0.2) is 53.3 Å². The second kappa shape index (κ2) is 7.59. The summed E-state index contributed by atoms with van der Waals surface area (Å²) in [7, 11) is 0. The summed E-state index contributed by atoms with van der Waals surface area (Å²) < 4.78 is 2.92. The van der Waals surface area contributed by atoms with Crippen LogP contribution in [0.1, 0.15) is 22.5 Å². The number of nitrogens with zero attached hydrogens (tertiary/aromatic N) is 4. The number of nitrogens with one attached hydrogen (secondary N) is 1. The van der Waals surface area contributed by atoms with Crippen molar-refractivity contribution >= 4 is 22.5 Å². The van der Waals surface area contributed by atoms with Gasteiger partial charge in [-0.2, -0.15) is 10.2 Å². The third kappa shape index (κ3) is 3.39. The van der Waals surface area contributed by atoms with Gasteiger partial charge in [0.25, 0.3) is 5.56 Å². The molecule has 30 heavy (non-hydrogen) atoms. The molecule has 4 aromatic rings. The molecule has 0 atom stereocenters. The van der Waals surface area contributed by atoms with Crippen molar-refractivity contribution in [1.82, 2.24) is 19.6 Å². The number of hydrogen-bond donors (Lipinski definition) is 1. The summed E-state index contributed by atoms with van der Waals surface area (Å²) in [6.07, 6.45) is 0. The Kier molecular flexibility index (Phi) is 4.95. The first-order valence-electron chi connectivity index (χ1n) is 9.75. The molecule has 2 heterocycles. The van der Waals surface area contributed by atoms with E-state index in [0.29, 0.717) is 11.2 Å². The van der Waals surface area contributed by atoms with Crippen molar-refractivity contribution in [3.8, 4) is 5.69 Å². The molecule has 7 nitrogen and oxygen atoms in total. The average Bonchev–Trinajstić information content (AvgIpc) is 3.07. The van der Waals surface area contributed by atoms with Crippen molar-refractivity contribution in [2.75, 3.05) is 5.32 Å². The molecule has 0 spiro atoms. The number of para-hydroxylation sites is 2. The zero-order chi connectivity index (χ0) is 21.4. The van der Waals surface area contributed by atoms with Crippen molar-refractivity contribution in [2.45, 2.75) is 34.2 Å². The maximum atomic E-state index is 13.0. The van der Waals surface area contributed by atoms with Crippen LogP contribution in [-0.2, 0) is 11.3 Å². The molecule has 4 rings (SSSR count). The molecule has 152 valence electrons. The van der Waals surface area contributed by atoms with Gasteiger partial charge in [-0.05, 0) is 51.0 Å². The van der Waals surface area contributed by atoms with E-state index in [4.69, 9.17) is 0 Å². The van der Waals surface area contributed by atoms with Gasteiger partial charge in [0, 0.05) is 5.69 Å². The Morgan fingerprint density at radius 3 is 2.27 bits per heavy atom. The summed E-state index contributed by atoms with van der Waals surface area (Å²) in [6.45, 7) is 7.42. The molecular formula is C23H23N5O2. The number of rotatable bonds is 4. The van der Waals surface area contributed by atoms with Gasteiger partial charge in [-0.25, -0.2) is 9.36 Å². The second-order valence-corrected chi connectivity index (χ2v) is 7.42. The number of aromatic nitrogens is 4. The van der Waals surface area contributed by atoms with Gasteiger partial charge in [-0.1, -0.05) is 36.4 Å². The standard InChI is InChI=1S/C23H23N5O2/c1-14-9-8-10-15(2)21(14)24-19(29)13-27-23(30)22-20(16(3)25-27)17(4)28(26-22)18-11-6-5-7-12-18/h5-12H,13H2,1-4H3,(H,24,29). The number of carbonyl (C=O) groups is 1. The van der Waals surface area contributed by atoms with Crippen molar-refractivity contribution in [3.05, 3.63) is 81.4 Å². The minimum atomic E-state index is -0.384. The van der Waals surface area contributed by atoms with Gasteiger partial charge in [0.1, 0.15) is 6.54 Å². The highest BCUT2D eigenvalue weighted by Crippen LogP contribution is 2.21. The van der Waals surface area contributed by atoms with Crippen molar-refractivity contribution in [3.63, 3.8) is 0 Å². The number of aryl methyl sites for hydroxylation is 4. The van der Waals surface area contributed by atoms with Crippen LogP contribution in [0.5, 0.6) is 0 Å². The molecule has 0 bridgehead atoms. The van der Waals surface area contributed by atoms with Crippen molar-refractivity contribution in [1.29, 1.82) is 0 Å². The highest BCUT2D eigenvalue weighted by atomic mass is 16.2. The highest BCUT2D eigenvalue weighted by molar-refractivity contribution is 5.92. The number of hydrogen-bond acceptors (Lipinski definition) is 4. The molecule has 0 aliphatic carbocycles. The van der Waals surface area contributed by atoms with E-state index < -0.39 is 0 Å². The van der Waals surface area contributed by atoms with E-state index in [0.717, 1.165) is 33.6 Å². The summed E-state index contributed by atoms with van der Waals surface area (Å²) >= 11 is 0. The minimum absolute atomic E-state index is 0.180. The molecule has 1 N–H and O–H groups in total. The van der Waals surface area contributed by atoms with Gasteiger partial charge in [-0.15, -0.1) is 0 Å². The lowest BCUT2D eigenvalue weighted by atomic mass is 10.1. The topological polar surface area (TPSA) is 81.8 Å². The third-order valence-electron chi connectivity index (χ3n) is 5.23. The quantitative estimate of drug-likeness (QED) is 0.568. The Labute approximate surface area is 174 Å². The third-order valence-corrected chi connectivity index (χ3v) is 5.23. The summed E-state index contributed by atoms with van der Waals surface area (Å²) in [5, 5.41) is 12.5. The molecule has 7 heteroatoms. The minimum Gasteiger partial charge on any atom is -0.324 e. The second-order valence-electron chi connectivity index (χ2n) is 7.42. The molecule has 0 aliphatic heterocycles. The average molecular weight is 401 g/mol. The van der Waals surface area contributed by atoms with E-state index in [2.05, 4.69) is 15.5 Å². The Hall–Kier alpha value is -3.74. The number of amides is 1. The van der Waals surface area contributed by atoms with Crippen molar-refractivity contribution < 1.29 is 4.79 Å². The molecular weight excluding hydrogens is 378 g/mol. The van der Waals surface area contributed by atoms with Crippen LogP contribution in [0.25, 0.3) is 16.6 Å². The first-order chi connectivity index (χ1) is 14.4. The summed E-state index contributed by atoms with van der Waals surface area (Å²) in [5.41, 5.74) is 4.98. The number of fused-ring (bicyclic) bond motifs is 1. The molecule has 0 saturated heterocycles. The van der Waals surface area contributed by atoms with E-state index in [9.17, 15) is 9.59 Å². The van der Waals surface area contributed by atoms with Crippen molar-refractivity contribution in [2.24, 2.45) is 0 Å². The van der Waals surface area contributed by atoms with E-state index >= 15 is 0 Å². The Morgan fingerprint density at radius 1 is 0.933 bits per heavy atom. The normalized spacial score (nSPS) is 11.1. The van der Waals surface area contributed by atoms with Gasteiger partial charge < -0.3 is 5.32 Å². The fraction of sp³-hybridized carbons (Fsp3) is 0.217. The van der Waals surface area contributed by atoms with Crippen LogP contribution >= 0.6 is 0 Å². The Bertz CT molecular complexity index is 1300. The smallest absolute Gasteiger partial charge is 0.295 e. The van der Waals surface area contributed by atoms with Gasteiger partial charge in [-0.3, -0.25) is 9.59 Å². The predicted octanol–water partition coefficient (Wildman–Crippen LogP) is 3.45. The summed E-state index contributed by atoms with van der Waals surface area (Å²) in [4.78, 5) is 25.7. The molecule has 0 unspecified atom stereocenters. The molecule has 0 saturated carbocycles. The van der Waals surface area contributed by atoms with Gasteiger partial charge in [0.15, 0.2) is 5.52 Å². The van der Waals surface area contributed by atoms with Crippen LogP contribution in [0.4, 0.5) is 5.69 Å². The first-order valence-corrected chi connectivity index (χ1v) is 9.75. The largest absolute Gasteiger partial charge is 0.324 e. The van der Waals surface area contributed by atoms with E-state index in [-0.39, 0.29) is 18.0 Å². The van der Waals surface area contributed by atoms with Gasteiger partial charge >= 0.3 is 0 Å². The van der Waals surface area contributed by atoms with Crippen LogP contribution in [0.2, 0.25) is 0 Å². The van der Waals surface area contributed by atoms with Crippen LogP contribution in [0, 0.1) is 27.7 Å². The highest BCUT2D eigenvalue weighted by Gasteiger charge is 2.19. The molecule has 0 radical (unpaired) electrons. The van der Waals surface area contributed by atoms with E-state index in [1.54, 1.807) is 4.68 Å². The molecule has 1 amide bonds. The summed E-state index contributed by atoms with van der Waals surface area (Å²) in [5.74, 6) is -0.306. The first kappa shape index (κ1) is 19.6. The van der Waals surface area contributed by atoms with E-state index in [1.807, 2.05) is 76.2 Å².